The predicted molar refractivity (Wildman–Crippen MR) is 82.1 cm³/mol. The fraction of sp³-hybridized carbons (Fsp3) is 0.214. The summed E-state index contributed by atoms with van der Waals surface area (Å²) in [6.45, 7) is 0. The van der Waals surface area contributed by atoms with E-state index >= 15 is 0 Å². The van der Waals surface area contributed by atoms with E-state index in [4.69, 9.17) is 0 Å². The standard InChI is InChI=1S/C14H16N2O2S2/c1-19-11-14(12-6-3-2-4-7-12)16-20(17,18)13-8-5-9-15-10-13/h2-10,14,16H,11H2,1H3/t14-/m0/s1. The van der Waals surface area contributed by atoms with Crippen molar-refractivity contribution in [1.82, 2.24) is 9.71 Å². The summed E-state index contributed by atoms with van der Waals surface area (Å²) in [5.74, 6) is 0.670. The normalized spacial score (nSPS) is 13.1. The van der Waals surface area contributed by atoms with Crippen LogP contribution in [-0.4, -0.2) is 25.4 Å². The van der Waals surface area contributed by atoms with Gasteiger partial charge in [0.15, 0.2) is 0 Å². The van der Waals surface area contributed by atoms with Crippen molar-refractivity contribution in [3.8, 4) is 0 Å². The lowest BCUT2D eigenvalue weighted by atomic mass is 10.1. The number of thioether (sulfide) groups is 1. The number of rotatable bonds is 6. The third-order valence-electron chi connectivity index (χ3n) is 2.78. The number of aromatic nitrogens is 1. The summed E-state index contributed by atoms with van der Waals surface area (Å²) in [7, 11) is -3.56. The van der Waals surface area contributed by atoms with Crippen LogP contribution in [0.25, 0.3) is 0 Å². The van der Waals surface area contributed by atoms with E-state index in [-0.39, 0.29) is 10.9 Å². The van der Waals surface area contributed by atoms with Crippen LogP contribution in [0.15, 0.2) is 59.8 Å². The lowest BCUT2D eigenvalue weighted by Crippen LogP contribution is -2.30. The summed E-state index contributed by atoms with van der Waals surface area (Å²) >= 11 is 1.60. The van der Waals surface area contributed by atoms with Gasteiger partial charge in [0, 0.05) is 18.1 Å². The third kappa shape index (κ3) is 3.82. The van der Waals surface area contributed by atoms with Gasteiger partial charge in [0.05, 0.1) is 6.04 Å². The van der Waals surface area contributed by atoms with Crippen LogP contribution < -0.4 is 4.72 Å². The van der Waals surface area contributed by atoms with Gasteiger partial charge in [0.1, 0.15) is 4.90 Å². The molecule has 0 aliphatic rings. The van der Waals surface area contributed by atoms with Crippen molar-refractivity contribution in [2.45, 2.75) is 10.9 Å². The molecule has 0 saturated carbocycles. The Morgan fingerprint density at radius 3 is 2.55 bits per heavy atom. The smallest absolute Gasteiger partial charge is 0.242 e. The Morgan fingerprint density at radius 2 is 1.95 bits per heavy atom. The monoisotopic (exact) mass is 308 g/mol. The highest BCUT2D eigenvalue weighted by Gasteiger charge is 2.21. The fourth-order valence-corrected chi connectivity index (χ4v) is 3.71. The molecule has 0 fully saturated rings. The molecular formula is C14H16N2O2S2. The van der Waals surface area contributed by atoms with Crippen LogP contribution in [0, 0.1) is 0 Å². The molecular weight excluding hydrogens is 292 g/mol. The zero-order valence-electron chi connectivity index (χ0n) is 11.1. The van der Waals surface area contributed by atoms with Crippen molar-refractivity contribution in [3.63, 3.8) is 0 Å². The highest BCUT2D eigenvalue weighted by atomic mass is 32.2. The van der Waals surface area contributed by atoms with Crippen LogP contribution in [-0.2, 0) is 10.0 Å². The Hall–Kier alpha value is -1.37. The first kappa shape index (κ1) is 15.0. The van der Waals surface area contributed by atoms with Crippen LogP contribution >= 0.6 is 11.8 Å². The summed E-state index contributed by atoms with van der Waals surface area (Å²) in [6, 6.07) is 12.5. The van der Waals surface area contributed by atoms with E-state index in [1.807, 2.05) is 36.6 Å². The Balaban J connectivity index is 2.25. The average Bonchev–Trinajstić information content (AvgIpc) is 2.48. The van der Waals surface area contributed by atoms with E-state index in [0.29, 0.717) is 5.75 Å². The van der Waals surface area contributed by atoms with Crippen molar-refractivity contribution in [1.29, 1.82) is 0 Å². The third-order valence-corrected chi connectivity index (χ3v) is 4.90. The summed E-state index contributed by atoms with van der Waals surface area (Å²) in [4.78, 5) is 4.04. The van der Waals surface area contributed by atoms with Gasteiger partial charge in [0.25, 0.3) is 0 Å². The lowest BCUT2D eigenvalue weighted by molar-refractivity contribution is 0.568. The second-order valence-electron chi connectivity index (χ2n) is 4.23. The van der Waals surface area contributed by atoms with E-state index in [0.717, 1.165) is 5.56 Å². The minimum Gasteiger partial charge on any atom is -0.263 e. The first-order valence-electron chi connectivity index (χ1n) is 6.10. The maximum absolute atomic E-state index is 12.3. The van der Waals surface area contributed by atoms with E-state index in [1.54, 1.807) is 24.0 Å². The maximum Gasteiger partial charge on any atom is 0.242 e. The van der Waals surface area contributed by atoms with E-state index in [1.165, 1.54) is 12.3 Å². The largest absolute Gasteiger partial charge is 0.263 e. The fourth-order valence-electron chi connectivity index (χ4n) is 1.81. The number of benzene rings is 1. The van der Waals surface area contributed by atoms with Gasteiger partial charge >= 0.3 is 0 Å². The lowest BCUT2D eigenvalue weighted by Gasteiger charge is -2.18. The highest BCUT2D eigenvalue weighted by molar-refractivity contribution is 7.98. The van der Waals surface area contributed by atoms with Gasteiger partial charge in [-0.15, -0.1) is 0 Å². The van der Waals surface area contributed by atoms with Gasteiger partial charge in [-0.1, -0.05) is 30.3 Å². The van der Waals surface area contributed by atoms with Gasteiger partial charge in [-0.2, -0.15) is 11.8 Å². The number of pyridine rings is 1. The SMILES string of the molecule is CSC[C@H](NS(=O)(=O)c1cccnc1)c1ccccc1. The Bertz CT molecular complexity index is 631. The van der Waals surface area contributed by atoms with Crippen LogP contribution in [0.5, 0.6) is 0 Å². The van der Waals surface area contributed by atoms with Gasteiger partial charge in [-0.05, 0) is 24.0 Å². The Labute approximate surface area is 123 Å². The molecule has 1 aromatic carbocycles. The summed E-state index contributed by atoms with van der Waals surface area (Å²) < 4.78 is 27.4. The van der Waals surface area contributed by atoms with Crippen molar-refractivity contribution in [2.75, 3.05) is 12.0 Å². The number of nitrogens with zero attached hydrogens (tertiary/aromatic N) is 1. The summed E-state index contributed by atoms with van der Waals surface area (Å²) in [5.41, 5.74) is 0.953. The molecule has 4 nitrogen and oxygen atoms in total. The minimum absolute atomic E-state index is 0.182. The zero-order valence-corrected chi connectivity index (χ0v) is 12.7. The van der Waals surface area contributed by atoms with E-state index in [2.05, 4.69) is 9.71 Å². The van der Waals surface area contributed by atoms with Gasteiger partial charge in [-0.3, -0.25) is 4.98 Å². The molecule has 1 heterocycles. The van der Waals surface area contributed by atoms with Gasteiger partial charge < -0.3 is 0 Å². The quantitative estimate of drug-likeness (QED) is 0.890. The first-order valence-corrected chi connectivity index (χ1v) is 8.97. The molecule has 6 heteroatoms. The zero-order chi connectivity index (χ0) is 14.4. The van der Waals surface area contributed by atoms with Crippen molar-refractivity contribution in [3.05, 3.63) is 60.4 Å². The average molecular weight is 308 g/mol. The molecule has 0 unspecified atom stereocenters. The van der Waals surface area contributed by atoms with Crippen LogP contribution in [0.3, 0.4) is 0 Å². The molecule has 1 aromatic heterocycles. The second kappa shape index (κ2) is 6.88. The molecule has 0 aliphatic carbocycles. The maximum atomic E-state index is 12.3. The van der Waals surface area contributed by atoms with Crippen molar-refractivity contribution in [2.24, 2.45) is 0 Å². The molecule has 0 spiro atoms. The minimum atomic E-state index is -3.56. The number of hydrogen-bond acceptors (Lipinski definition) is 4. The molecule has 0 radical (unpaired) electrons. The molecule has 1 N–H and O–H groups in total. The molecule has 0 bridgehead atoms. The molecule has 1 atom stereocenters. The molecule has 20 heavy (non-hydrogen) atoms. The van der Waals surface area contributed by atoms with E-state index < -0.39 is 10.0 Å². The highest BCUT2D eigenvalue weighted by Crippen LogP contribution is 2.20. The number of nitrogens with one attached hydrogen (secondary N) is 1. The summed E-state index contributed by atoms with van der Waals surface area (Å²) in [5, 5.41) is 0. The number of hydrogen-bond donors (Lipinski definition) is 1. The summed E-state index contributed by atoms with van der Waals surface area (Å²) in [6.07, 6.45) is 4.85. The van der Waals surface area contributed by atoms with Crippen molar-refractivity contribution < 1.29 is 8.42 Å². The number of sulfonamides is 1. The van der Waals surface area contributed by atoms with Crippen molar-refractivity contribution >= 4 is 21.8 Å². The predicted octanol–water partition coefficient (Wildman–Crippen LogP) is 2.46. The molecule has 2 rings (SSSR count). The van der Waals surface area contributed by atoms with Crippen LogP contribution in [0.1, 0.15) is 11.6 Å². The van der Waals surface area contributed by atoms with Gasteiger partial charge in [-0.25, -0.2) is 13.1 Å². The molecule has 2 aromatic rings. The topological polar surface area (TPSA) is 59.1 Å². The second-order valence-corrected chi connectivity index (χ2v) is 6.85. The van der Waals surface area contributed by atoms with E-state index in [9.17, 15) is 8.42 Å². The molecule has 0 aliphatic heterocycles. The van der Waals surface area contributed by atoms with Crippen LogP contribution in [0.2, 0.25) is 0 Å². The van der Waals surface area contributed by atoms with Gasteiger partial charge in [0.2, 0.25) is 10.0 Å². The molecule has 0 amide bonds. The first-order chi connectivity index (χ1) is 9.63. The van der Waals surface area contributed by atoms with Crippen LogP contribution in [0.4, 0.5) is 0 Å². The molecule has 0 saturated heterocycles. The Kier molecular flexibility index (Phi) is 5.17. The Morgan fingerprint density at radius 1 is 1.20 bits per heavy atom. The molecule has 106 valence electrons.